The number of hydrogen-bond donors (Lipinski definition) is 2. The summed E-state index contributed by atoms with van der Waals surface area (Å²) < 4.78 is 30.9. The molecule has 0 heterocycles. The molecule has 3 N–H and O–H groups in total. The first-order valence-electron chi connectivity index (χ1n) is 6.51. The molecule has 112 valence electrons. The first-order chi connectivity index (χ1) is 8.74. The summed E-state index contributed by atoms with van der Waals surface area (Å²) >= 11 is 0. The number of carbonyl (C=O) groups excluding carboxylic acids is 1. The SMILES string of the molecule is CC[N+](CC)(CCC=CC(N)=O)CCCS(=O)(=O)O. The Kier molecular flexibility index (Phi) is 7.89. The molecule has 0 bridgehead atoms. The molecule has 0 saturated carbocycles. The molecule has 0 aromatic heterocycles. The molecule has 0 aromatic rings. The zero-order valence-corrected chi connectivity index (χ0v) is 12.5. The molecule has 1 amide bonds. The Morgan fingerprint density at radius 3 is 2.26 bits per heavy atom. The molecule has 0 rings (SSSR count). The standard InChI is InChI=1S/C12H24N2O4S/c1-3-14(4-2,9-6-5-8-12(13)15)10-7-11-19(16,17)18/h5,8H,3-4,6-7,9-11H2,1-2H3,(H2-,13,15,16,17,18)/p+1. The Morgan fingerprint density at radius 2 is 1.84 bits per heavy atom. The van der Waals surface area contributed by atoms with Crippen molar-refractivity contribution in [2.45, 2.75) is 26.7 Å². The smallest absolute Gasteiger partial charge is 0.265 e. The molecule has 0 aliphatic carbocycles. The summed E-state index contributed by atoms with van der Waals surface area (Å²) in [7, 11) is -3.88. The number of rotatable bonds is 10. The van der Waals surface area contributed by atoms with Crippen LogP contribution >= 0.6 is 0 Å². The van der Waals surface area contributed by atoms with Gasteiger partial charge in [-0.2, -0.15) is 8.42 Å². The highest BCUT2D eigenvalue weighted by atomic mass is 32.2. The first kappa shape index (κ1) is 18.1. The highest BCUT2D eigenvalue weighted by Gasteiger charge is 2.22. The van der Waals surface area contributed by atoms with Crippen LogP contribution in [0.15, 0.2) is 12.2 Å². The molecule has 0 aliphatic heterocycles. The number of carbonyl (C=O) groups is 1. The maximum absolute atomic E-state index is 10.7. The molecule has 0 fully saturated rings. The Morgan fingerprint density at radius 1 is 1.26 bits per heavy atom. The fourth-order valence-electron chi connectivity index (χ4n) is 2.10. The lowest BCUT2D eigenvalue weighted by Crippen LogP contribution is -2.49. The maximum atomic E-state index is 10.7. The summed E-state index contributed by atoms with van der Waals surface area (Å²) in [6, 6.07) is 0. The predicted molar refractivity (Wildman–Crippen MR) is 75.1 cm³/mol. The van der Waals surface area contributed by atoms with Crippen molar-refractivity contribution in [3.8, 4) is 0 Å². The van der Waals surface area contributed by atoms with Crippen LogP contribution in [-0.4, -0.2) is 55.3 Å². The van der Waals surface area contributed by atoms with Gasteiger partial charge in [0.2, 0.25) is 5.91 Å². The lowest BCUT2D eigenvalue weighted by atomic mass is 10.2. The maximum Gasteiger partial charge on any atom is 0.265 e. The summed E-state index contributed by atoms with van der Waals surface area (Å²) in [4.78, 5) is 10.6. The van der Waals surface area contributed by atoms with Crippen LogP contribution in [0.3, 0.4) is 0 Å². The molecule has 0 saturated heterocycles. The van der Waals surface area contributed by atoms with Gasteiger partial charge in [-0.15, -0.1) is 0 Å². The molecule has 0 spiro atoms. The summed E-state index contributed by atoms with van der Waals surface area (Å²) in [6.45, 7) is 7.38. The van der Waals surface area contributed by atoms with Gasteiger partial charge in [-0.1, -0.05) is 6.08 Å². The monoisotopic (exact) mass is 293 g/mol. The van der Waals surface area contributed by atoms with E-state index >= 15 is 0 Å². The number of primary amides is 1. The topological polar surface area (TPSA) is 97.5 Å². The highest BCUT2D eigenvalue weighted by molar-refractivity contribution is 7.85. The average molecular weight is 293 g/mol. The third-order valence-corrected chi connectivity index (χ3v) is 4.23. The normalized spacial score (nSPS) is 13.0. The van der Waals surface area contributed by atoms with Crippen LogP contribution in [0.25, 0.3) is 0 Å². The third-order valence-electron chi connectivity index (χ3n) is 3.43. The number of quaternary nitrogens is 1. The van der Waals surface area contributed by atoms with E-state index in [1.165, 1.54) is 6.08 Å². The summed E-state index contributed by atoms with van der Waals surface area (Å²) in [5, 5.41) is 0. The molecule has 19 heavy (non-hydrogen) atoms. The Bertz CT molecular complexity index is 400. The lowest BCUT2D eigenvalue weighted by Gasteiger charge is -2.36. The van der Waals surface area contributed by atoms with Crippen molar-refractivity contribution in [2.75, 3.05) is 31.9 Å². The fourth-order valence-corrected chi connectivity index (χ4v) is 2.59. The Labute approximate surface area is 115 Å². The molecule has 0 radical (unpaired) electrons. The van der Waals surface area contributed by atoms with E-state index in [0.717, 1.165) is 30.5 Å². The van der Waals surface area contributed by atoms with Gasteiger partial charge in [0, 0.05) is 12.8 Å². The van der Waals surface area contributed by atoms with Crippen LogP contribution in [0.1, 0.15) is 26.7 Å². The zero-order valence-electron chi connectivity index (χ0n) is 11.7. The number of amides is 1. The van der Waals surface area contributed by atoms with Gasteiger partial charge in [0.05, 0.1) is 31.9 Å². The van der Waals surface area contributed by atoms with Crippen molar-refractivity contribution in [1.82, 2.24) is 0 Å². The summed E-state index contributed by atoms with van der Waals surface area (Å²) in [5.74, 6) is -0.665. The van der Waals surface area contributed by atoms with E-state index in [-0.39, 0.29) is 5.75 Å². The number of nitrogens with two attached hydrogens (primary N) is 1. The average Bonchev–Trinajstić information content (AvgIpc) is 2.31. The predicted octanol–water partition coefficient (Wildman–Crippen LogP) is 0.553. The highest BCUT2D eigenvalue weighted by Crippen LogP contribution is 2.10. The zero-order chi connectivity index (χ0) is 14.9. The van der Waals surface area contributed by atoms with Gasteiger partial charge in [-0.3, -0.25) is 9.35 Å². The van der Waals surface area contributed by atoms with Gasteiger partial charge in [-0.05, 0) is 19.9 Å². The molecule has 0 unspecified atom stereocenters. The third kappa shape index (κ3) is 8.74. The summed E-state index contributed by atoms with van der Waals surface area (Å²) in [5.41, 5.74) is 5.01. The van der Waals surface area contributed by atoms with Crippen molar-refractivity contribution in [2.24, 2.45) is 5.73 Å². The lowest BCUT2D eigenvalue weighted by molar-refractivity contribution is -0.924. The summed E-state index contributed by atoms with van der Waals surface area (Å²) in [6.07, 6.45) is 4.23. The quantitative estimate of drug-likeness (QED) is 0.349. The van der Waals surface area contributed by atoms with Gasteiger partial charge in [0.15, 0.2) is 0 Å². The molecule has 0 atom stereocenters. The van der Waals surface area contributed by atoms with Crippen molar-refractivity contribution < 1.29 is 22.2 Å². The second-order valence-electron chi connectivity index (χ2n) is 4.65. The van der Waals surface area contributed by atoms with Gasteiger partial charge in [0.25, 0.3) is 10.1 Å². The van der Waals surface area contributed by atoms with Crippen LogP contribution in [0, 0.1) is 0 Å². The minimum atomic E-state index is -3.88. The first-order valence-corrected chi connectivity index (χ1v) is 8.12. The minimum Gasteiger partial charge on any atom is -0.366 e. The van der Waals surface area contributed by atoms with E-state index in [1.807, 2.05) is 0 Å². The van der Waals surface area contributed by atoms with Crippen LogP contribution in [0.2, 0.25) is 0 Å². The van der Waals surface area contributed by atoms with Crippen molar-refractivity contribution >= 4 is 16.0 Å². The second kappa shape index (κ2) is 8.29. The van der Waals surface area contributed by atoms with E-state index in [0.29, 0.717) is 13.0 Å². The van der Waals surface area contributed by atoms with Gasteiger partial charge in [-0.25, -0.2) is 0 Å². The van der Waals surface area contributed by atoms with Crippen molar-refractivity contribution in [3.05, 3.63) is 12.2 Å². The number of hydrogen-bond acceptors (Lipinski definition) is 3. The van der Waals surface area contributed by atoms with E-state index in [1.54, 1.807) is 6.08 Å². The van der Waals surface area contributed by atoms with Crippen LogP contribution < -0.4 is 5.73 Å². The second-order valence-corrected chi connectivity index (χ2v) is 6.23. The van der Waals surface area contributed by atoms with Crippen molar-refractivity contribution in [3.63, 3.8) is 0 Å². The molecule has 0 aromatic carbocycles. The minimum absolute atomic E-state index is 0.204. The van der Waals surface area contributed by atoms with Gasteiger partial charge in [0.1, 0.15) is 0 Å². The van der Waals surface area contributed by atoms with Gasteiger partial charge < -0.3 is 10.2 Å². The van der Waals surface area contributed by atoms with E-state index in [4.69, 9.17) is 10.3 Å². The van der Waals surface area contributed by atoms with Crippen LogP contribution in [0.4, 0.5) is 0 Å². The van der Waals surface area contributed by atoms with Crippen molar-refractivity contribution in [1.29, 1.82) is 0 Å². The van der Waals surface area contributed by atoms with E-state index in [9.17, 15) is 13.2 Å². The largest absolute Gasteiger partial charge is 0.366 e. The molecular weight excluding hydrogens is 268 g/mol. The molecule has 6 nitrogen and oxygen atoms in total. The van der Waals surface area contributed by atoms with E-state index in [2.05, 4.69) is 13.8 Å². The molecule has 0 aliphatic rings. The Balaban J connectivity index is 4.37. The van der Waals surface area contributed by atoms with Crippen LogP contribution in [0.5, 0.6) is 0 Å². The Hall–Kier alpha value is -0.920. The molecular formula is C12H25N2O4S+. The molecule has 7 heteroatoms. The number of nitrogens with zero attached hydrogens (tertiary/aromatic N) is 1. The van der Waals surface area contributed by atoms with E-state index < -0.39 is 16.0 Å². The van der Waals surface area contributed by atoms with Crippen LogP contribution in [-0.2, 0) is 14.9 Å². The fraction of sp³-hybridized carbons (Fsp3) is 0.750. The van der Waals surface area contributed by atoms with Gasteiger partial charge >= 0.3 is 0 Å².